The van der Waals surface area contributed by atoms with Crippen molar-refractivity contribution in [2.24, 2.45) is 0 Å². The SMILES string of the molecule is COC(=O)CC(B1OC(C)(C)C(C)(C)O1)c1c(O)cccc1Cl. The average Bonchev–Trinajstić information content (AvgIpc) is 2.65. The van der Waals surface area contributed by atoms with Gasteiger partial charge in [0.25, 0.3) is 0 Å². The minimum absolute atomic E-state index is 0.00103. The van der Waals surface area contributed by atoms with Gasteiger partial charge in [0.1, 0.15) is 5.75 Å². The molecule has 1 aliphatic heterocycles. The van der Waals surface area contributed by atoms with Gasteiger partial charge in [0, 0.05) is 16.4 Å². The zero-order valence-electron chi connectivity index (χ0n) is 14.1. The van der Waals surface area contributed by atoms with E-state index in [0.29, 0.717) is 10.6 Å². The fourth-order valence-corrected chi connectivity index (χ4v) is 2.85. The van der Waals surface area contributed by atoms with E-state index < -0.39 is 30.1 Å². The third-order valence-corrected chi connectivity index (χ3v) is 4.94. The summed E-state index contributed by atoms with van der Waals surface area (Å²) in [6, 6.07) is 4.82. The maximum absolute atomic E-state index is 11.8. The van der Waals surface area contributed by atoms with Crippen molar-refractivity contribution in [2.75, 3.05) is 7.11 Å². The van der Waals surface area contributed by atoms with Crippen molar-refractivity contribution in [1.82, 2.24) is 0 Å². The second-order valence-electron chi connectivity index (χ2n) is 6.68. The van der Waals surface area contributed by atoms with Crippen molar-refractivity contribution >= 4 is 24.7 Å². The molecule has 1 aromatic carbocycles. The summed E-state index contributed by atoms with van der Waals surface area (Å²) in [5, 5.41) is 10.6. The Kier molecular flexibility index (Phi) is 4.99. The lowest BCUT2D eigenvalue weighted by atomic mass is 9.66. The van der Waals surface area contributed by atoms with E-state index in [1.54, 1.807) is 12.1 Å². The molecule has 1 fully saturated rings. The van der Waals surface area contributed by atoms with Gasteiger partial charge >= 0.3 is 13.1 Å². The van der Waals surface area contributed by atoms with Gasteiger partial charge in [-0.1, -0.05) is 17.7 Å². The van der Waals surface area contributed by atoms with Gasteiger partial charge in [-0.3, -0.25) is 4.79 Å². The molecule has 5 nitrogen and oxygen atoms in total. The van der Waals surface area contributed by atoms with Crippen LogP contribution in [0.15, 0.2) is 18.2 Å². The molecule has 0 aromatic heterocycles. The topological polar surface area (TPSA) is 65.0 Å². The summed E-state index contributed by atoms with van der Waals surface area (Å²) < 4.78 is 16.8. The molecular weight excluding hydrogens is 318 g/mol. The highest BCUT2D eigenvalue weighted by Gasteiger charge is 2.55. The van der Waals surface area contributed by atoms with Crippen molar-refractivity contribution in [2.45, 2.75) is 51.1 Å². The largest absolute Gasteiger partial charge is 0.508 e. The highest BCUT2D eigenvalue weighted by Crippen LogP contribution is 2.44. The van der Waals surface area contributed by atoms with Gasteiger partial charge < -0.3 is 19.2 Å². The van der Waals surface area contributed by atoms with E-state index in [4.69, 9.17) is 25.6 Å². The van der Waals surface area contributed by atoms with Crippen LogP contribution in [0.25, 0.3) is 0 Å². The Morgan fingerprint density at radius 2 is 1.87 bits per heavy atom. The minimum atomic E-state index is -0.718. The van der Waals surface area contributed by atoms with E-state index >= 15 is 0 Å². The number of halogens is 1. The molecule has 1 unspecified atom stereocenters. The molecule has 0 spiro atoms. The van der Waals surface area contributed by atoms with Gasteiger partial charge in [-0.25, -0.2) is 0 Å². The standard InChI is InChI=1S/C16H22BClO5/c1-15(2)16(3,4)23-17(22-15)10(9-13(20)21-5)14-11(18)7-6-8-12(14)19/h6-8,10,19H,9H2,1-5H3. The van der Waals surface area contributed by atoms with Gasteiger partial charge in [0.2, 0.25) is 0 Å². The first-order valence-electron chi connectivity index (χ1n) is 7.49. The van der Waals surface area contributed by atoms with Crippen molar-refractivity contribution in [1.29, 1.82) is 0 Å². The summed E-state index contributed by atoms with van der Waals surface area (Å²) in [7, 11) is 0.598. The first kappa shape index (κ1) is 18.1. The molecule has 7 heteroatoms. The van der Waals surface area contributed by atoms with Crippen LogP contribution in [0.5, 0.6) is 5.75 Å². The number of hydrogen-bond acceptors (Lipinski definition) is 5. The van der Waals surface area contributed by atoms with Crippen LogP contribution >= 0.6 is 11.6 Å². The zero-order chi connectivity index (χ0) is 17.4. The molecule has 0 saturated carbocycles. The van der Waals surface area contributed by atoms with E-state index in [-0.39, 0.29) is 12.2 Å². The minimum Gasteiger partial charge on any atom is -0.508 e. The third kappa shape index (κ3) is 3.49. The number of carbonyl (C=O) groups excluding carboxylic acids is 1. The van der Waals surface area contributed by atoms with Crippen molar-refractivity contribution < 1.29 is 23.9 Å². The van der Waals surface area contributed by atoms with E-state index in [9.17, 15) is 9.90 Å². The van der Waals surface area contributed by atoms with Crippen molar-refractivity contribution in [3.63, 3.8) is 0 Å². The molecule has 23 heavy (non-hydrogen) atoms. The second kappa shape index (κ2) is 6.34. The number of phenolic OH excluding ortho intramolecular Hbond substituents is 1. The highest BCUT2D eigenvalue weighted by molar-refractivity contribution is 6.48. The molecule has 2 rings (SSSR count). The molecule has 0 aliphatic carbocycles. The first-order chi connectivity index (χ1) is 10.6. The van der Waals surface area contributed by atoms with Gasteiger partial charge in [0.15, 0.2) is 0 Å². The van der Waals surface area contributed by atoms with Crippen LogP contribution in [0.1, 0.15) is 45.5 Å². The Morgan fingerprint density at radius 3 is 2.35 bits per heavy atom. The predicted molar refractivity (Wildman–Crippen MR) is 88.6 cm³/mol. The van der Waals surface area contributed by atoms with Gasteiger partial charge in [-0.05, 0) is 39.8 Å². The number of aromatic hydroxyl groups is 1. The van der Waals surface area contributed by atoms with Crippen LogP contribution in [0.4, 0.5) is 0 Å². The van der Waals surface area contributed by atoms with Crippen LogP contribution in [0, 0.1) is 0 Å². The number of ether oxygens (including phenoxy) is 1. The average molecular weight is 341 g/mol. The van der Waals surface area contributed by atoms with E-state index in [0.717, 1.165) is 0 Å². The molecule has 1 atom stereocenters. The number of hydrogen-bond donors (Lipinski definition) is 1. The number of benzene rings is 1. The Hall–Kier alpha value is -1.24. The molecule has 0 radical (unpaired) electrons. The van der Waals surface area contributed by atoms with Crippen molar-refractivity contribution in [3.8, 4) is 5.75 Å². The molecule has 0 bridgehead atoms. The van der Waals surface area contributed by atoms with Gasteiger partial charge in [-0.15, -0.1) is 0 Å². The summed E-state index contributed by atoms with van der Waals surface area (Å²) in [4.78, 5) is 11.8. The Balaban J connectivity index is 2.42. The van der Waals surface area contributed by atoms with E-state index in [1.165, 1.54) is 13.2 Å². The lowest BCUT2D eigenvalue weighted by molar-refractivity contribution is -0.140. The monoisotopic (exact) mass is 340 g/mol. The number of methoxy groups -OCH3 is 1. The molecule has 1 heterocycles. The van der Waals surface area contributed by atoms with Crippen LogP contribution in [-0.2, 0) is 18.8 Å². The van der Waals surface area contributed by atoms with E-state index in [2.05, 4.69) is 0 Å². The van der Waals surface area contributed by atoms with Gasteiger partial charge in [-0.2, -0.15) is 0 Å². The maximum atomic E-state index is 11.8. The predicted octanol–water partition coefficient (Wildman–Crippen LogP) is 3.32. The molecule has 1 N–H and O–H groups in total. The molecule has 1 aromatic rings. The smallest absolute Gasteiger partial charge is 0.466 e. The quantitative estimate of drug-likeness (QED) is 0.673. The van der Waals surface area contributed by atoms with Crippen LogP contribution in [0.2, 0.25) is 5.02 Å². The summed E-state index contributed by atoms with van der Waals surface area (Å²) in [5.74, 6) is -0.998. The third-order valence-electron chi connectivity index (χ3n) is 4.61. The number of esters is 1. The fraction of sp³-hybridized carbons (Fsp3) is 0.562. The Bertz CT molecular complexity index is 566. The Labute approximate surface area is 142 Å². The molecule has 0 amide bonds. The zero-order valence-corrected chi connectivity index (χ0v) is 14.8. The number of phenols is 1. The van der Waals surface area contributed by atoms with E-state index in [1.807, 2.05) is 27.7 Å². The Morgan fingerprint density at radius 1 is 1.30 bits per heavy atom. The number of rotatable bonds is 4. The molecule has 1 aliphatic rings. The van der Waals surface area contributed by atoms with Crippen LogP contribution in [0.3, 0.4) is 0 Å². The normalized spacial score (nSPS) is 20.3. The molecular formula is C16H22BClO5. The summed E-state index contributed by atoms with van der Waals surface area (Å²) >= 11 is 6.25. The first-order valence-corrected chi connectivity index (χ1v) is 7.86. The molecule has 126 valence electrons. The lowest BCUT2D eigenvalue weighted by Crippen LogP contribution is -2.41. The molecule has 1 saturated heterocycles. The van der Waals surface area contributed by atoms with Crippen LogP contribution < -0.4 is 0 Å². The van der Waals surface area contributed by atoms with Crippen LogP contribution in [-0.4, -0.2) is 36.5 Å². The maximum Gasteiger partial charge on any atom is 0.466 e. The van der Waals surface area contributed by atoms with Gasteiger partial charge in [0.05, 0.1) is 24.7 Å². The summed E-state index contributed by atoms with van der Waals surface area (Å²) in [6.45, 7) is 7.70. The summed E-state index contributed by atoms with van der Waals surface area (Å²) in [6.07, 6.45) is -0.00931. The highest BCUT2D eigenvalue weighted by atomic mass is 35.5. The fourth-order valence-electron chi connectivity index (χ4n) is 2.54. The summed E-state index contributed by atoms with van der Waals surface area (Å²) in [5.41, 5.74) is -0.677. The van der Waals surface area contributed by atoms with Crippen molar-refractivity contribution in [3.05, 3.63) is 28.8 Å². The number of carbonyl (C=O) groups is 1. The second-order valence-corrected chi connectivity index (χ2v) is 7.09. The lowest BCUT2D eigenvalue weighted by Gasteiger charge is -2.32.